The van der Waals surface area contributed by atoms with Gasteiger partial charge in [0.2, 0.25) is 0 Å². The summed E-state index contributed by atoms with van der Waals surface area (Å²) >= 11 is 0. The molecule has 0 saturated heterocycles. The van der Waals surface area contributed by atoms with Crippen molar-refractivity contribution in [2.24, 2.45) is 5.84 Å². The zero-order valence-electron chi connectivity index (χ0n) is 9.75. The van der Waals surface area contributed by atoms with Gasteiger partial charge in [-0.1, -0.05) is 32.6 Å². The van der Waals surface area contributed by atoms with Crippen LogP contribution in [0.3, 0.4) is 0 Å². The van der Waals surface area contributed by atoms with Crippen LogP contribution in [0.4, 0.5) is 0 Å². The number of rotatable bonds is 7. The van der Waals surface area contributed by atoms with Crippen LogP contribution in [0.25, 0.3) is 0 Å². The van der Waals surface area contributed by atoms with E-state index < -0.39 is 0 Å². The summed E-state index contributed by atoms with van der Waals surface area (Å²) in [5.41, 5.74) is 2.81. The molecular formula is C12H22N2O. The Hall–Kier alpha value is -0.800. The molecule has 1 atom stereocenters. The van der Waals surface area contributed by atoms with E-state index >= 15 is 0 Å². The van der Waals surface area contributed by atoms with Gasteiger partial charge in [-0.05, 0) is 25.5 Å². The quantitative estimate of drug-likeness (QED) is 0.413. The summed E-state index contributed by atoms with van der Waals surface area (Å²) in [6.07, 6.45) is 6.08. The van der Waals surface area contributed by atoms with Gasteiger partial charge in [-0.25, -0.2) is 5.43 Å². The molecule has 1 aromatic heterocycles. The summed E-state index contributed by atoms with van der Waals surface area (Å²) in [6, 6.07) is 4.14. The monoisotopic (exact) mass is 210 g/mol. The highest BCUT2D eigenvalue weighted by Gasteiger charge is 2.12. The lowest BCUT2D eigenvalue weighted by Crippen LogP contribution is -2.27. The molecule has 0 amide bonds. The molecule has 1 rings (SSSR count). The second-order valence-electron chi connectivity index (χ2n) is 4.02. The van der Waals surface area contributed by atoms with Crippen molar-refractivity contribution in [2.45, 2.75) is 52.0 Å². The Kier molecular flexibility index (Phi) is 5.43. The molecule has 86 valence electrons. The maximum atomic E-state index is 5.55. The minimum Gasteiger partial charge on any atom is -0.465 e. The molecule has 0 aliphatic heterocycles. The molecule has 0 aromatic carbocycles. The Morgan fingerprint density at radius 3 is 2.67 bits per heavy atom. The molecule has 0 aliphatic rings. The Balaban J connectivity index is 2.35. The molecule has 1 unspecified atom stereocenters. The number of hydrogen-bond acceptors (Lipinski definition) is 3. The lowest BCUT2D eigenvalue weighted by molar-refractivity contribution is 0.380. The van der Waals surface area contributed by atoms with Gasteiger partial charge in [-0.3, -0.25) is 5.84 Å². The highest BCUT2D eigenvalue weighted by atomic mass is 16.3. The van der Waals surface area contributed by atoms with Crippen LogP contribution in [0.15, 0.2) is 16.5 Å². The van der Waals surface area contributed by atoms with Gasteiger partial charge in [-0.2, -0.15) is 0 Å². The zero-order valence-corrected chi connectivity index (χ0v) is 9.75. The van der Waals surface area contributed by atoms with Gasteiger partial charge in [0.1, 0.15) is 11.5 Å². The third-order valence-electron chi connectivity index (χ3n) is 2.65. The van der Waals surface area contributed by atoms with E-state index in [0.29, 0.717) is 0 Å². The van der Waals surface area contributed by atoms with E-state index in [4.69, 9.17) is 10.3 Å². The molecule has 3 heteroatoms. The first-order valence-corrected chi connectivity index (χ1v) is 5.80. The van der Waals surface area contributed by atoms with E-state index in [1.807, 2.05) is 19.1 Å². The first-order valence-electron chi connectivity index (χ1n) is 5.80. The number of unbranched alkanes of at least 4 members (excludes halogenated alkanes) is 3. The number of nitrogens with one attached hydrogen (secondary N) is 1. The lowest BCUT2D eigenvalue weighted by atomic mass is 10.1. The van der Waals surface area contributed by atoms with E-state index in [2.05, 4.69) is 12.3 Å². The van der Waals surface area contributed by atoms with E-state index in [1.165, 1.54) is 25.7 Å². The molecule has 1 heterocycles. The van der Waals surface area contributed by atoms with E-state index in [0.717, 1.165) is 17.9 Å². The highest BCUT2D eigenvalue weighted by molar-refractivity contribution is 5.09. The van der Waals surface area contributed by atoms with Crippen LogP contribution in [0.5, 0.6) is 0 Å². The lowest BCUT2D eigenvalue weighted by Gasteiger charge is -2.12. The highest BCUT2D eigenvalue weighted by Crippen LogP contribution is 2.21. The first kappa shape index (κ1) is 12.3. The van der Waals surface area contributed by atoms with Crippen LogP contribution in [-0.4, -0.2) is 0 Å². The van der Waals surface area contributed by atoms with Crippen LogP contribution in [0.2, 0.25) is 0 Å². The molecular weight excluding hydrogens is 188 g/mol. The van der Waals surface area contributed by atoms with Crippen LogP contribution >= 0.6 is 0 Å². The fraction of sp³-hybridized carbons (Fsp3) is 0.667. The van der Waals surface area contributed by atoms with Crippen molar-refractivity contribution in [3.05, 3.63) is 23.7 Å². The average Bonchev–Trinajstić information content (AvgIpc) is 2.65. The summed E-state index contributed by atoms with van der Waals surface area (Å²) in [7, 11) is 0. The van der Waals surface area contributed by atoms with Gasteiger partial charge in [0.25, 0.3) is 0 Å². The van der Waals surface area contributed by atoms with Crippen LogP contribution in [0, 0.1) is 6.92 Å². The number of hydrazine groups is 1. The largest absolute Gasteiger partial charge is 0.465 e. The minimum absolute atomic E-state index is 0.163. The van der Waals surface area contributed by atoms with Gasteiger partial charge < -0.3 is 4.42 Å². The van der Waals surface area contributed by atoms with Crippen LogP contribution in [0.1, 0.15) is 56.6 Å². The summed E-state index contributed by atoms with van der Waals surface area (Å²) in [4.78, 5) is 0. The Labute approximate surface area is 92.0 Å². The maximum Gasteiger partial charge on any atom is 0.122 e. The topological polar surface area (TPSA) is 51.2 Å². The normalized spacial score (nSPS) is 13.0. The number of nitrogens with two attached hydrogens (primary N) is 1. The minimum atomic E-state index is 0.163. The van der Waals surface area contributed by atoms with E-state index in [-0.39, 0.29) is 6.04 Å². The molecule has 0 aliphatic carbocycles. The Morgan fingerprint density at radius 1 is 1.33 bits per heavy atom. The van der Waals surface area contributed by atoms with Crippen LogP contribution in [-0.2, 0) is 0 Å². The van der Waals surface area contributed by atoms with Crippen molar-refractivity contribution in [3.63, 3.8) is 0 Å². The van der Waals surface area contributed by atoms with Gasteiger partial charge >= 0.3 is 0 Å². The predicted octanol–water partition coefficient (Wildman–Crippen LogP) is 3.06. The predicted molar refractivity (Wildman–Crippen MR) is 62.3 cm³/mol. The Morgan fingerprint density at radius 2 is 2.13 bits per heavy atom. The third-order valence-corrected chi connectivity index (χ3v) is 2.65. The average molecular weight is 210 g/mol. The molecule has 1 aromatic rings. The molecule has 0 saturated carbocycles. The summed E-state index contributed by atoms with van der Waals surface area (Å²) in [6.45, 7) is 4.17. The fourth-order valence-corrected chi connectivity index (χ4v) is 1.72. The van der Waals surface area contributed by atoms with Crippen molar-refractivity contribution < 1.29 is 4.42 Å². The molecule has 0 bridgehead atoms. The molecule has 15 heavy (non-hydrogen) atoms. The molecule has 0 radical (unpaired) electrons. The first-order chi connectivity index (χ1) is 7.27. The molecule has 3 nitrogen and oxygen atoms in total. The maximum absolute atomic E-state index is 5.55. The molecule has 3 N–H and O–H groups in total. The van der Waals surface area contributed by atoms with Gasteiger partial charge in [0.05, 0.1) is 6.04 Å². The van der Waals surface area contributed by atoms with Crippen molar-refractivity contribution >= 4 is 0 Å². The van der Waals surface area contributed by atoms with Crippen molar-refractivity contribution in [3.8, 4) is 0 Å². The summed E-state index contributed by atoms with van der Waals surface area (Å²) < 4.78 is 5.55. The smallest absolute Gasteiger partial charge is 0.122 e. The second-order valence-corrected chi connectivity index (χ2v) is 4.02. The van der Waals surface area contributed by atoms with Crippen molar-refractivity contribution in [1.29, 1.82) is 0 Å². The van der Waals surface area contributed by atoms with Crippen molar-refractivity contribution in [2.75, 3.05) is 0 Å². The third kappa shape index (κ3) is 4.06. The van der Waals surface area contributed by atoms with Gasteiger partial charge in [0.15, 0.2) is 0 Å². The van der Waals surface area contributed by atoms with E-state index in [9.17, 15) is 0 Å². The zero-order chi connectivity index (χ0) is 11.1. The standard InChI is InChI=1S/C12H22N2O/c1-3-4-5-6-7-11(14-13)12-9-8-10(2)15-12/h8-9,11,14H,3-7,13H2,1-2H3. The van der Waals surface area contributed by atoms with Gasteiger partial charge in [-0.15, -0.1) is 0 Å². The second kappa shape index (κ2) is 6.64. The fourth-order valence-electron chi connectivity index (χ4n) is 1.72. The summed E-state index contributed by atoms with van der Waals surface area (Å²) in [5.74, 6) is 7.41. The Bertz CT molecular complexity index is 270. The van der Waals surface area contributed by atoms with E-state index in [1.54, 1.807) is 0 Å². The SMILES string of the molecule is CCCCCCC(NN)c1ccc(C)o1. The number of aryl methyl sites for hydroxylation is 1. The number of hydrogen-bond donors (Lipinski definition) is 2. The molecule has 0 fully saturated rings. The van der Waals surface area contributed by atoms with Crippen molar-refractivity contribution in [1.82, 2.24) is 5.43 Å². The van der Waals surface area contributed by atoms with Crippen LogP contribution < -0.4 is 11.3 Å². The number of furan rings is 1. The van der Waals surface area contributed by atoms with Gasteiger partial charge in [0, 0.05) is 0 Å². The summed E-state index contributed by atoms with van der Waals surface area (Å²) in [5, 5.41) is 0. The molecule has 0 spiro atoms.